The van der Waals surface area contributed by atoms with E-state index in [9.17, 15) is 36.5 Å². The number of sulfonamides is 1. The standard InChI is InChI=1S/C20H17F3N4O6S/c1-12-6-7-16(10-17(12)27(29)30)34(31,32)26(11-19(28)24-18-8-13(2)33-25-18)15-5-3-4-14(9-15)20(21,22)23/h3-10H,11H2,1-2H3,(H,24,25,28). The zero-order valence-corrected chi connectivity index (χ0v) is 18.5. The number of rotatable bonds is 7. The van der Waals surface area contributed by atoms with Crippen molar-refractivity contribution in [2.75, 3.05) is 16.2 Å². The first kappa shape index (κ1) is 24.7. The number of amides is 1. The molecular weight excluding hydrogens is 481 g/mol. The number of aryl methyl sites for hydroxylation is 2. The first-order chi connectivity index (χ1) is 15.8. The first-order valence-corrected chi connectivity index (χ1v) is 10.9. The number of hydrogen-bond acceptors (Lipinski definition) is 7. The van der Waals surface area contributed by atoms with Gasteiger partial charge in [0.1, 0.15) is 12.3 Å². The van der Waals surface area contributed by atoms with Crippen LogP contribution in [0.2, 0.25) is 0 Å². The lowest BCUT2D eigenvalue weighted by Gasteiger charge is -2.24. The number of benzene rings is 2. The number of nitro benzene ring substituents is 1. The molecule has 1 heterocycles. The van der Waals surface area contributed by atoms with E-state index in [0.717, 1.165) is 30.3 Å². The van der Waals surface area contributed by atoms with E-state index in [4.69, 9.17) is 4.52 Å². The summed E-state index contributed by atoms with van der Waals surface area (Å²) in [4.78, 5) is 22.5. The molecule has 1 N–H and O–H groups in total. The Hall–Kier alpha value is -3.94. The van der Waals surface area contributed by atoms with Crippen LogP contribution in [-0.4, -0.2) is 30.9 Å². The molecule has 0 unspecified atom stereocenters. The number of carbonyl (C=O) groups is 1. The number of halogens is 3. The lowest BCUT2D eigenvalue weighted by Crippen LogP contribution is -2.38. The molecule has 0 atom stereocenters. The number of nitro groups is 1. The minimum absolute atomic E-state index is 0.0325. The highest BCUT2D eigenvalue weighted by atomic mass is 32.2. The Balaban J connectivity index is 2.08. The normalized spacial score (nSPS) is 11.8. The van der Waals surface area contributed by atoms with Crippen LogP contribution in [0.15, 0.2) is 57.9 Å². The highest BCUT2D eigenvalue weighted by Crippen LogP contribution is 2.34. The van der Waals surface area contributed by atoms with E-state index in [-0.39, 0.29) is 11.4 Å². The number of anilines is 2. The summed E-state index contributed by atoms with van der Waals surface area (Å²) < 4.78 is 71.7. The molecule has 2 aromatic carbocycles. The van der Waals surface area contributed by atoms with Crippen molar-refractivity contribution >= 4 is 33.1 Å². The molecule has 0 saturated heterocycles. The number of nitrogens with zero attached hydrogens (tertiary/aromatic N) is 3. The van der Waals surface area contributed by atoms with Crippen LogP contribution in [0.5, 0.6) is 0 Å². The Bertz CT molecular complexity index is 1350. The Labute approximate surface area is 191 Å². The maximum absolute atomic E-state index is 13.4. The van der Waals surface area contributed by atoms with E-state index < -0.39 is 55.4 Å². The smallest absolute Gasteiger partial charge is 0.360 e. The average Bonchev–Trinajstić information content (AvgIpc) is 3.15. The van der Waals surface area contributed by atoms with Gasteiger partial charge in [-0.3, -0.25) is 19.2 Å². The van der Waals surface area contributed by atoms with E-state index in [1.54, 1.807) is 6.92 Å². The fourth-order valence-corrected chi connectivity index (χ4v) is 4.40. The van der Waals surface area contributed by atoms with Crippen LogP contribution in [0, 0.1) is 24.0 Å². The quantitative estimate of drug-likeness (QED) is 0.383. The van der Waals surface area contributed by atoms with Gasteiger partial charge in [-0.05, 0) is 38.1 Å². The molecule has 1 amide bonds. The average molecular weight is 498 g/mol. The summed E-state index contributed by atoms with van der Waals surface area (Å²) in [5.41, 5.74) is -1.95. The predicted octanol–water partition coefficient (Wildman–Crippen LogP) is 4.05. The van der Waals surface area contributed by atoms with E-state index in [1.807, 2.05) is 0 Å². The van der Waals surface area contributed by atoms with Crippen LogP contribution in [0.4, 0.5) is 30.4 Å². The molecule has 10 nitrogen and oxygen atoms in total. The van der Waals surface area contributed by atoms with Gasteiger partial charge < -0.3 is 9.84 Å². The molecule has 180 valence electrons. The van der Waals surface area contributed by atoms with Gasteiger partial charge in [-0.2, -0.15) is 13.2 Å². The second-order valence-electron chi connectivity index (χ2n) is 7.14. The van der Waals surface area contributed by atoms with Gasteiger partial charge in [0.2, 0.25) is 5.91 Å². The van der Waals surface area contributed by atoms with E-state index >= 15 is 0 Å². The molecule has 3 aromatic rings. The van der Waals surface area contributed by atoms with Crippen LogP contribution < -0.4 is 9.62 Å². The second-order valence-corrected chi connectivity index (χ2v) is 9.00. The molecule has 0 aliphatic heterocycles. The summed E-state index contributed by atoms with van der Waals surface area (Å²) in [7, 11) is -4.71. The number of alkyl halides is 3. The molecular formula is C20H17F3N4O6S. The molecule has 3 rings (SSSR count). The van der Waals surface area contributed by atoms with Crippen molar-refractivity contribution in [1.82, 2.24) is 5.16 Å². The number of hydrogen-bond donors (Lipinski definition) is 1. The number of aromatic nitrogens is 1. The fourth-order valence-electron chi connectivity index (χ4n) is 2.96. The summed E-state index contributed by atoms with van der Waals surface area (Å²) in [5.74, 6) is -0.615. The Morgan fingerprint density at radius 3 is 2.47 bits per heavy atom. The summed E-state index contributed by atoms with van der Waals surface area (Å²) in [6.07, 6.45) is -4.78. The van der Waals surface area contributed by atoms with Gasteiger partial charge in [0.05, 0.1) is 21.1 Å². The number of nitrogens with one attached hydrogen (secondary N) is 1. The molecule has 1 aromatic heterocycles. The van der Waals surface area contributed by atoms with Crippen molar-refractivity contribution in [3.05, 3.63) is 75.5 Å². The lowest BCUT2D eigenvalue weighted by atomic mass is 10.2. The minimum Gasteiger partial charge on any atom is -0.360 e. The van der Waals surface area contributed by atoms with E-state index in [2.05, 4.69) is 10.5 Å². The summed E-state index contributed by atoms with van der Waals surface area (Å²) in [6.45, 7) is 2.00. The zero-order valence-electron chi connectivity index (χ0n) is 17.7. The van der Waals surface area contributed by atoms with Crippen LogP contribution in [-0.2, 0) is 21.0 Å². The van der Waals surface area contributed by atoms with Crippen LogP contribution in [0.1, 0.15) is 16.9 Å². The number of carbonyl (C=O) groups excluding carboxylic acids is 1. The maximum atomic E-state index is 13.4. The molecule has 14 heteroatoms. The molecule has 0 aliphatic carbocycles. The molecule has 0 fully saturated rings. The van der Waals surface area contributed by atoms with Crippen molar-refractivity contribution < 1.29 is 35.8 Å². The van der Waals surface area contributed by atoms with Crippen molar-refractivity contribution in [2.24, 2.45) is 0 Å². The molecule has 0 spiro atoms. The van der Waals surface area contributed by atoms with Gasteiger partial charge in [-0.1, -0.05) is 17.3 Å². The lowest BCUT2D eigenvalue weighted by molar-refractivity contribution is -0.385. The highest BCUT2D eigenvalue weighted by molar-refractivity contribution is 7.92. The molecule has 0 bridgehead atoms. The highest BCUT2D eigenvalue weighted by Gasteiger charge is 2.34. The van der Waals surface area contributed by atoms with Gasteiger partial charge in [0, 0.05) is 17.7 Å². The molecule has 0 aliphatic rings. The van der Waals surface area contributed by atoms with Crippen LogP contribution in [0.3, 0.4) is 0 Å². The van der Waals surface area contributed by atoms with E-state index in [1.165, 1.54) is 19.1 Å². The van der Waals surface area contributed by atoms with Gasteiger partial charge in [0.15, 0.2) is 5.82 Å². The van der Waals surface area contributed by atoms with Crippen molar-refractivity contribution in [2.45, 2.75) is 24.9 Å². The van der Waals surface area contributed by atoms with Gasteiger partial charge in [-0.15, -0.1) is 0 Å². The van der Waals surface area contributed by atoms with Gasteiger partial charge in [-0.25, -0.2) is 8.42 Å². The maximum Gasteiger partial charge on any atom is 0.416 e. The van der Waals surface area contributed by atoms with Gasteiger partial charge >= 0.3 is 6.18 Å². The minimum atomic E-state index is -4.78. The third-order valence-corrected chi connectivity index (χ3v) is 6.38. The summed E-state index contributed by atoms with van der Waals surface area (Å²) in [5, 5.41) is 17.1. The Morgan fingerprint density at radius 1 is 1.18 bits per heavy atom. The van der Waals surface area contributed by atoms with Crippen molar-refractivity contribution in [3.63, 3.8) is 0 Å². The van der Waals surface area contributed by atoms with Crippen LogP contribution in [0.25, 0.3) is 0 Å². The second kappa shape index (κ2) is 9.13. The predicted molar refractivity (Wildman–Crippen MR) is 114 cm³/mol. The third-order valence-electron chi connectivity index (χ3n) is 4.61. The van der Waals surface area contributed by atoms with Gasteiger partial charge in [0.25, 0.3) is 15.7 Å². The van der Waals surface area contributed by atoms with Crippen molar-refractivity contribution in [1.29, 1.82) is 0 Å². The Morgan fingerprint density at radius 2 is 1.88 bits per heavy atom. The summed E-state index contributed by atoms with van der Waals surface area (Å²) in [6, 6.07) is 7.75. The molecule has 0 saturated carbocycles. The van der Waals surface area contributed by atoms with E-state index in [0.29, 0.717) is 16.1 Å². The molecule has 34 heavy (non-hydrogen) atoms. The largest absolute Gasteiger partial charge is 0.416 e. The zero-order chi connectivity index (χ0) is 25.3. The monoisotopic (exact) mass is 498 g/mol. The SMILES string of the molecule is Cc1cc(NC(=O)CN(c2cccc(C(F)(F)F)c2)S(=O)(=O)c2ccc(C)c([N+](=O)[O-])c2)no1. The third kappa shape index (κ3) is 5.33. The fraction of sp³-hybridized carbons (Fsp3) is 0.200. The van der Waals surface area contributed by atoms with Crippen LogP contribution >= 0.6 is 0 Å². The first-order valence-electron chi connectivity index (χ1n) is 9.47. The Kier molecular flexibility index (Phi) is 6.63. The summed E-state index contributed by atoms with van der Waals surface area (Å²) >= 11 is 0. The topological polar surface area (TPSA) is 136 Å². The molecule has 0 radical (unpaired) electrons. The van der Waals surface area contributed by atoms with Crippen molar-refractivity contribution in [3.8, 4) is 0 Å².